The van der Waals surface area contributed by atoms with E-state index in [4.69, 9.17) is 10.2 Å². The summed E-state index contributed by atoms with van der Waals surface area (Å²) >= 11 is 0. The minimum Gasteiger partial charge on any atom is -0.478 e. The second-order valence-electron chi connectivity index (χ2n) is 4.20. The van der Waals surface area contributed by atoms with E-state index in [0.717, 1.165) is 19.3 Å². The number of aliphatic carboxylic acids is 2. The van der Waals surface area contributed by atoms with Crippen LogP contribution in [-0.4, -0.2) is 35.2 Å². The molecule has 0 atom stereocenters. The minimum absolute atomic E-state index is 0.176. The number of carbonyl (C=O) groups is 2. The van der Waals surface area contributed by atoms with Crippen molar-refractivity contribution in [2.45, 2.75) is 39.5 Å². The van der Waals surface area contributed by atoms with Crippen molar-refractivity contribution in [2.24, 2.45) is 0 Å². The summed E-state index contributed by atoms with van der Waals surface area (Å²) in [6.07, 6.45) is 3.78. The zero-order chi connectivity index (χ0) is 15.3. The number of hydrogen-bond acceptors (Lipinski definition) is 3. The maximum atomic E-state index is 10.2. The van der Waals surface area contributed by atoms with Crippen LogP contribution in [0.15, 0.2) is 24.3 Å². The Morgan fingerprint density at radius 2 is 1.53 bits per heavy atom. The van der Waals surface area contributed by atoms with Gasteiger partial charge in [-0.1, -0.05) is 32.9 Å². The summed E-state index contributed by atoms with van der Waals surface area (Å²) in [5, 5.41) is 19.3. The predicted octanol–water partition coefficient (Wildman–Crippen LogP) is 2.44. The lowest BCUT2D eigenvalue weighted by Crippen LogP contribution is -1.98. The summed E-state index contributed by atoms with van der Waals surface area (Å²) < 4.78 is 0. The second-order valence-corrected chi connectivity index (χ2v) is 4.20. The lowest BCUT2D eigenvalue weighted by Gasteiger charge is -1.97. The van der Waals surface area contributed by atoms with E-state index in [9.17, 15) is 9.59 Å². The van der Waals surface area contributed by atoms with Gasteiger partial charge in [0.05, 0.1) is 0 Å². The Labute approximate surface area is 115 Å². The number of carboxylic acid groups (broad SMARTS) is 2. The molecule has 0 spiro atoms. The van der Waals surface area contributed by atoms with Crippen LogP contribution in [0.5, 0.6) is 0 Å². The Balaban J connectivity index is 0. The maximum Gasteiger partial charge on any atom is 0.330 e. The van der Waals surface area contributed by atoms with Gasteiger partial charge in [-0.25, -0.2) is 9.59 Å². The molecular formula is C14H25NO4. The first-order valence-corrected chi connectivity index (χ1v) is 6.33. The molecule has 0 bridgehead atoms. The maximum absolute atomic E-state index is 10.2. The summed E-state index contributed by atoms with van der Waals surface area (Å²) in [5.41, 5.74) is 0.503. The van der Waals surface area contributed by atoms with Crippen molar-refractivity contribution in [1.29, 1.82) is 0 Å². The summed E-state index contributed by atoms with van der Waals surface area (Å²) in [7, 11) is 0. The van der Waals surface area contributed by atoms with Gasteiger partial charge in [-0.15, -0.1) is 0 Å². The summed E-state index contributed by atoms with van der Waals surface area (Å²) in [6, 6.07) is 0. The van der Waals surface area contributed by atoms with Crippen molar-refractivity contribution in [1.82, 2.24) is 5.32 Å². The zero-order valence-corrected chi connectivity index (χ0v) is 11.9. The third kappa shape index (κ3) is 22.1. The number of rotatable bonds is 6. The summed E-state index contributed by atoms with van der Waals surface area (Å²) in [5.74, 6) is -1.80. The van der Waals surface area contributed by atoms with Crippen molar-refractivity contribution in [2.75, 3.05) is 13.1 Å². The van der Waals surface area contributed by atoms with Gasteiger partial charge in [0.2, 0.25) is 0 Å². The molecule has 0 aromatic rings. The Kier molecular flexibility index (Phi) is 13.3. The molecule has 110 valence electrons. The summed E-state index contributed by atoms with van der Waals surface area (Å²) in [4.78, 5) is 19.8. The SMILES string of the molecule is C1CN1.C=C(C)C(=O)O.C=C(CCCCC)C(=O)O. The number of nitrogens with one attached hydrogen (secondary N) is 1. The predicted molar refractivity (Wildman–Crippen MR) is 76.2 cm³/mol. The van der Waals surface area contributed by atoms with Gasteiger partial charge in [0, 0.05) is 24.2 Å². The molecule has 0 saturated carbocycles. The van der Waals surface area contributed by atoms with Crippen LogP contribution in [0.3, 0.4) is 0 Å². The van der Waals surface area contributed by atoms with Crippen LogP contribution in [0.4, 0.5) is 0 Å². The molecule has 0 unspecified atom stereocenters. The molecule has 1 rings (SSSR count). The summed E-state index contributed by atoms with van der Waals surface area (Å²) in [6.45, 7) is 12.6. The molecule has 0 radical (unpaired) electrons. The van der Waals surface area contributed by atoms with Gasteiger partial charge >= 0.3 is 11.9 Å². The lowest BCUT2D eigenvalue weighted by molar-refractivity contribution is -0.133. The van der Waals surface area contributed by atoms with E-state index < -0.39 is 11.9 Å². The van der Waals surface area contributed by atoms with Gasteiger partial charge < -0.3 is 15.5 Å². The van der Waals surface area contributed by atoms with E-state index >= 15 is 0 Å². The van der Waals surface area contributed by atoms with Gasteiger partial charge in [0.25, 0.3) is 0 Å². The molecule has 0 aromatic carbocycles. The molecule has 5 nitrogen and oxygen atoms in total. The Bertz CT molecular complexity index is 294. The Morgan fingerprint density at radius 3 is 1.74 bits per heavy atom. The largest absolute Gasteiger partial charge is 0.478 e. The zero-order valence-electron chi connectivity index (χ0n) is 11.9. The van der Waals surface area contributed by atoms with Crippen LogP contribution in [0, 0.1) is 0 Å². The van der Waals surface area contributed by atoms with Gasteiger partial charge in [0.15, 0.2) is 0 Å². The standard InChI is InChI=1S/C8H14O2.C4H6O2.C2H5N/c1-3-4-5-6-7(2)8(9)10;1-3(2)4(5)6;1-2-3-1/h2-6H2,1H3,(H,9,10);1H2,2H3,(H,5,6);3H,1-2H2. The van der Waals surface area contributed by atoms with Gasteiger partial charge in [-0.3, -0.25) is 0 Å². The van der Waals surface area contributed by atoms with Gasteiger partial charge in [0.1, 0.15) is 0 Å². The molecule has 3 N–H and O–H groups in total. The first-order valence-electron chi connectivity index (χ1n) is 6.33. The van der Waals surface area contributed by atoms with E-state index in [2.05, 4.69) is 25.4 Å². The molecular weight excluding hydrogens is 246 g/mol. The van der Waals surface area contributed by atoms with Crippen molar-refractivity contribution in [3.8, 4) is 0 Å². The third-order valence-corrected chi connectivity index (χ3v) is 2.00. The molecule has 5 heteroatoms. The molecule has 0 aromatic heterocycles. The van der Waals surface area contributed by atoms with Crippen LogP contribution in [-0.2, 0) is 9.59 Å². The van der Waals surface area contributed by atoms with E-state index in [0.29, 0.717) is 12.0 Å². The van der Waals surface area contributed by atoms with E-state index in [1.807, 2.05) is 0 Å². The fourth-order valence-corrected chi connectivity index (χ4v) is 0.695. The lowest BCUT2D eigenvalue weighted by atomic mass is 10.1. The quantitative estimate of drug-likeness (QED) is 0.391. The highest BCUT2D eigenvalue weighted by Gasteiger charge is 2.01. The monoisotopic (exact) mass is 271 g/mol. The molecule has 1 aliphatic heterocycles. The number of hydrogen-bond donors (Lipinski definition) is 3. The molecule has 1 saturated heterocycles. The molecule has 1 heterocycles. The Hall–Kier alpha value is -1.62. The van der Waals surface area contributed by atoms with Crippen molar-refractivity contribution >= 4 is 11.9 Å². The normalized spacial score (nSPS) is 11.1. The number of unbranched alkanes of at least 4 members (excludes halogenated alkanes) is 2. The van der Waals surface area contributed by atoms with E-state index in [1.54, 1.807) is 0 Å². The number of carboxylic acids is 2. The van der Waals surface area contributed by atoms with Crippen LogP contribution >= 0.6 is 0 Å². The third-order valence-electron chi connectivity index (χ3n) is 2.00. The first-order chi connectivity index (χ1) is 8.82. The highest BCUT2D eigenvalue weighted by atomic mass is 16.4. The molecule has 0 aliphatic carbocycles. The molecule has 1 aliphatic rings. The van der Waals surface area contributed by atoms with Crippen LogP contribution in [0.2, 0.25) is 0 Å². The highest BCUT2D eigenvalue weighted by molar-refractivity contribution is 5.85. The average Bonchev–Trinajstić information content (AvgIpc) is 3.17. The topological polar surface area (TPSA) is 96.5 Å². The van der Waals surface area contributed by atoms with E-state index in [1.165, 1.54) is 20.0 Å². The van der Waals surface area contributed by atoms with Crippen LogP contribution in [0.25, 0.3) is 0 Å². The molecule has 19 heavy (non-hydrogen) atoms. The second kappa shape index (κ2) is 12.8. The van der Waals surface area contributed by atoms with E-state index in [-0.39, 0.29) is 5.57 Å². The average molecular weight is 271 g/mol. The van der Waals surface area contributed by atoms with Gasteiger partial charge in [-0.05, 0) is 19.8 Å². The van der Waals surface area contributed by atoms with Crippen molar-refractivity contribution in [3.05, 3.63) is 24.3 Å². The highest BCUT2D eigenvalue weighted by Crippen LogP contribution is 2.06. The van der Waals surface area contributed by atoms with Crippen LogP contribution in [0.1, 0.15) is 39.5 Å². The smallest absolute Gasteiger partial charge is 0.330 e. The molecule has 1 fully saturated rings. The van der Waals surface area contributed by atoms with Crippen molar-refractivity contribution in [3.63, 3.8) is 0 Å². The molecule has 0 amide bonds. The van der Waals surface area contributed by atoms with Crippen molar-refractivity contribution < 1.29 is 19.8 Å². The first kappa shape index (κ1) is 19.7. The van der Waals surface area contributed by atoms with Crippen LogP contribution < -0.4 is 5.32 Å². The minimum atomic E-state index is -0.935. The van der Waals surface area contributed by atoms with Gasteiger partial charge in [-0.2, -0.15) is 0 Å². The Morgan fingerprint density at radius 1 is 1.11 bits per heavy atom. The fraction of sp³-hybridized carbons (Fsp3) is 0.571. The fourth-order valence-electron chi connectivity index (χ4n) is 0.695.